The van der Waals surface area contributed by atoms with Crippen molar-refractivity contribution in [1.29, 1.82) is 0 Å². The van der Waals surface area contributed by atoms with E-state index in [9.17, 15) is 30.3 Å². The molecule has 3 unspecified atom stereocenters. The van der Waals surface area contributed by atoms with Crippen molar-refractivity contribution in [2.45, 2.75) is 111 Å². The number of fused-ring (bicyclic) bond motifs is 7. The van der Waals surface area contributed by atoms with E-state index in [1.807, 2.05) is 6.92 Å². The zero-order valence-corrected chi connectivity index (χ0v) is 23.0. The van der Waals surface area contributed by atoms with Gasteiger partial charge in [-0.25, -0.2) is 0 Å². The van der Waals surface area contributed by atoms with Crippen molar-refractivity contribution in [3.63, 3.8) is 0 Å². The quantitative estimate of drug-likeness (QED) is 0.361. The van der Waals surface area contributed by atoms with E-state index in [-0.39, 0.29) is 46.0 Å². The van der Waals surface area contributed by atoms with Crippen LogP contribution in [0.2, 0.25) is 0 Å². The predicted octanol–water partition coefficient (Wildman–Crippen LogP) is 4.15. The molecule has 204 valence electrons. The Morgan fingerprint density at radius 3 is 2.22 bits per heavy atom. The molecule has 6 heteroatoms. The molecule has 5 aliphatic carbocycles. The number of hydrogen-bond acceptors (Lipinski definition) is 5. The molecule has 0 spiro atoms. The van der Waals surface area contributed by atoms with E-state index < -0.39 is 35.1 Å². The lowest BCUT2D eigenvalue weighted by molar-refractivity contribution is -0.248. The Hall–Kier alpha value is -0.950. The molecule has 0 aromatic carbocycles. The number of carboxylic acids is 1. The van der Waals surface area contributed by atoms with E-state index >= 15 is 0 Å². The molecule has 4 fully saturated rings. The third-order valence-electron chi connectivity index (χ3n) is 13.2. The summed E-state index contributed by atoms with van der Waals surface area (Å²) in [6.45, 7) is 13.1. The van der Waals surface area contributed by atoms with Gasteiger partial charge in [-0.1, -0.05) is 53.2 Å². The lowest BCUT2D eigenvalue weighted by atomic mass is 9.33. The molecule has 0 heterocycles. The third kappa shape index (κ3) is 3.02. The van der Waals surface area contributed by atoms with Crippen molar-refractivity contribution in [2.75, 3.05) is 6.61 Å². The number of aliphatic hydroxyl groups excluding tert-OH is 4. The first kappa shape index (κ1) is 26.6. The van der Waals surface area contributed by atoms with Gasteiger partial charge in [0.05, 0.1) is 24.9 Å². The minimum Gasteiger partial charge on any atom is -0.481 e. The van der Waals surface area contributed by atoms with Crippen LogP contribution in [0.5, 0.6) is 0 Å². The molecular weight excluding hydrogens is 456 g/mol. The Balaban J connectivity index is 1.64. The Morgan fingerprint density at radius 2 is 1.61 bits per heavy atom. The standard InChI is InChI=1S/C30H48O6/c1-25(2)11-12-30(24(35)36)18(13-25)17-7-8-21-26(3)14-19(32)23(34)27(4,16-31)20(26)9-10-28(21,5)29(17,6)15-22(30)33/h7,18-23,31-34H,8-16H2,1-6H3,(H,35,36)/t18-,19?,20+,21+,22?,23?,26-,27-,28+,29+,30+/m0/s1. The SMILES string of the molecule is CC1(C)CC[C@]2(C(=O)O)C(O)C[C@]3(C)C(=CC[C@@H]4[C@@]5(C)CC(O)C(O)[C@@](C)(CO)[C@@H]5CC[C@]43C)[C@@H]2C1. The van der Waals surface area contributed by atoms with Crippen molar-refractivity contribution in [3.8, 4) is 0 Å². The zero-order valence-electron chi connectivity index (χ0n) is 23.0. The topological polar surface area (TPSA) is 118 Å². The number of rotatable bonds is 2. The van der Waals surface area contributed by atoms with Gasteiger partial charge < -0.3 is 25.5 Å². The summed E-state index contributed by atoms with van der Waals surface area (Å²) >= 11 is 0. The summed E-state index contributed by atoms with van der Waals surface area (Å²) in [5.74, 6) is -0.765. The number of aliphatic carboxylic acids is 1. The maximum absolute atomic E-state index is 12.8. The molecule has 5 aliphatic rings. The summed E-state index contributed by atoms with van der Waals surface area (Å²) in [7, 11) is 0. The van der Waals surface area contributed by atoms with E-state index in [1.165, 1.54) is 5.57 Å². The van der Waals surface area contributed by atoms with Crippen LogP contribution in [0.15, 0.2) is 11.6 Å². The van der Waals surface area contributed by atoms with E-state index in [2.05, 4.69) is 40.7 Å². The predicted molar refractivity (Wildman–Crippen MR) is 137 cm³/mol. The van der Waals surface area contributed by atoms with Gasteiger partial charge in [0.25, 0.3) is 0 Å². The van der Waals surface area contributed by atoms with E-state index in [0.29, 0.717) is 19.3 Å². The van der Waals surface area contributed by atoms with Crippen LogP contribution in [0.1, 0.15) is 92.9 Å². The molecule has 0 aromatic heterocycles. The molecule has 11 atom stereocenters. The first-order valence-electron chi connectivity index (χ1n) is 14.1. The highest BCUT2D eigenvalue weighted by Crippen LogP contribution is 2.75. The number of aliphatic hydroxyl groups is 4. The minimum atomic E-state index is -1.12. The van der Waals surface area contributed by atoms with Crippen LogP contribution in [0.3, 0.4) is 0 Å². The molecule has 0 saturated heterocycles. The lowest BCUT2D eigenvalue weighted by Gasteiger charge is -2.72. The van der Waals surface area contributed by atoms with E-state index in [0.717, 1.165) is 32.1 Å². The summed E-state index contributed by atoms with van der Waals surface area (Å²) in [6, 6.07) is 0. The fourth-order valence-electron chi connectivity index (χ4n) is 10.9. The molecule has 0 radical (unpaired) electrons. The molecule has 0 bridgehead atoms. The second-order valence-corrected chi connectivity index (χ2v) is 15.2. The monoisotopic (exact) mass is 504 g/mol. The Kier molecular flexibility index (Phi) is 5.77. The molecule has 0 aromatic rings. The fourth-order valence-corrected chi connectivity index (χ4v) is 10.9. The zero-order chi connectivity index (χ0) is 26.7. The van der Waals surface area contributed by atoms with Gasteiger partial charge in [0, 0.05) is 5.41 Å². The summed E-state index contributed by atoms with van der Waals surface area (Å²) in [4.78, 5) is 12.8. The first-order valence-corrected chi connectivity index (χ1v) is 14.1. The van der Waals surface area contributed by atoms with Crippen molar-refractivity contribution in [3.05, 3.63) is 11.6 Å². The maximum Gasteiger partial charge on any atom is 0.312 e. The Bertz CT molecular complexity index is 974. The van der Waals surface area contributed by atoms with Crippen LogP contribution in [0, 0.1) is 50.2 Å². The first-order chi connectivity index (χ1) is 16.5. The summed E-state index contributed by atoms with van der Waals surface area (Å²) in [6.07, 6.45) is 5.13. The normalized spacial score (nSPS) is 55.9. The fraction of sp³-hybridized carbons (Fsp3) is 0.900. The molecule has 6 nitrogen and oxygen atoms in total. The van der Waals surface area contributed by atoms with Crippen LogP contribution in [0.25, 0.3) is 0 Å². The van der Waals surface area contributed by atoms with Crippen molar-refractivity contribution < 1.29 is 30.3 Å². The van der Waals surface area contributed by atoms with Crippen LogP contribution in [0.4, 0.5) is 0 Å². The van der Waals surface area contributed by atoms with Crippen molar-refractivity contribution in [2.24, 2.45) is 50.2 Å². The van der Waals surface area contributed by atoms with E-state index in [4.69, 9.17) is 0 Å². The van der Waals surface area contributed by atoms with Crippen molar-refractivity contribution in [1.82, 2.24) is 0 Å². The van der Waals surface area contributed by atoms with Gasteiger partial charge in [0.15, 0.2) is 0 Å². The largest absolute Gasteiger partial charge is 0.481 e. The van der Waals surface area contributed by atoms with Crippen LogP contribution >= 0.6 is 0 Å². The van der Waals surface area contributed by atoms with E-state index in [1.54, 1.807) is 0 Å². The average molecular weight is 505 g/mol. The van der Waals surface area contributed by atoms with Gasteiger partial charge in [-0.2, -0.15) is 0 Å². The minimum absolute atomic E-state index is 0.0242. The highest BCUT2D eigenvalue weighted by atomic mass is 16.4. The Morgan fingerprint density at radius 1 is 0.944 bits per heavy atom. The van der Waals surface area contributed by atoms with Crippen LogP contribution in [-0.4, -0.2) is 56.4 Å². The second-order valence-electron chi connectivity index (χ2n) is 15.2. The number of carboxylic acid groups (broad SMARTS) is 1. The molecule has 0 amide bonds. The number of hydrogen-bond donors (Lipinski definition) is 5. The summed E-state index contributed by atoms with van der Waals surface area (Å²) in [5.41, 5.74) is -1.44. The highest BCUT2D eigenvalue weighted by Gasteiger charge is 2.72. The third-order valence-corrected chi connectivity index (χ3v) is 13.2. The second kappa shape index (κ2) is 7.80. The molecule has 0 aliphatic heterocycles. The van der Waals surface area contributed by atoms with Gasteiger partial charge in [-0.05, 0) is 90.8 Å². The van der Waals surface area contributed by atoms with Gasteiger partial charge in [-0.15, -0.1) is 0 Å². The highest BCUT2D eigenvalue weighted by molar-refractivity contribution is 5.77. The molecule has 5 rings (SSSR count). The number of carbonyl (C=O) groups is 1. The molecule has 36 heavy (non-hydrogen) atoms. The smallest absolute Gasteiger partial charge is 0.312 e. The Labute approximate surface area is 216 Å². The van der Waals surface area contributed by atoms with Gasteiger partial charge >= 0.3 is 5.97 Å². The summed E-state index contributed by atoms with van der Waals surface area (Å²) < 4.78 is 0. The van der Waals surface area contributed by atoms with Crippen LogP contribution in [-0.2, 0) is 4.79 Å². The van der Waals surface area contributed by atoms with Gasteiger partial charge in [0.2, 0.25) is 0 Å². The van der Waals surface area contributed by atoms with Gasteiger partial charge in [0.1, 0.15) is 5.41 Å². The molecule has 5 N–H and O–H groups in total. The molecule has 4 saturated carbocycles. The maximum atomic E-state index is 12.8. The average Bonchev–Trinajstić information content (AvgIpc) is 2.77. The van der Waals surface area contributed by atoms with Crippen LogP contribution < -0.4 is 0 Å². The van der Waals surface area contributed by atoms with Crippen molar-refractivity contribution >= 4 is 5.97 Å². The number of allylic oxidation sites excluding steroid dienone is 2. The van der Waals surface area contributed by atoms with Gasteiger partial charge in [-0.3, -0.25) is 4.79 Å². The summed E-state index contributed by atoms with van der Waals surface area (Å²) in [5, 5.41) is 54.5. The lowest BCUT2D eigenvalue weighted by Crippen LogP contribution is -2.69. The molecular formula is C30H48O6.